The minimum Gasteiger partial charge on any atom is -0.378 e. The molecule has 1 N–H and O–H groups in total. The van der Waals surface area contributed by atoms with Gasteiger partial charge in [0.25, 0.3) is 11.8 Å². The highest BCUT2D eigenvalue weighted by molar-refractivity contribution is 6.44. The highest BCUT2D eigenvalue weighted by Gasteiger charge is 2.27. The van der Waals surface area contributed by atoms with Gasteiger partial charge in [-0.1, -0.05) is 30.3 Å². The van der Waals surface area contributed by atoms with Gasteiger partial charge in [0.05, 0.1) is 30.2 Å². The van der Waals surface area contributed by atoms with Gasteiger partial charge in [0.2, 0.25) is 5.91 Å². The Morgan fingerprint density at radius 1 is 0.933 bits per heavy atom. The molecule has 4 rings (SSSR count). The van der Waals surface area contributed by atoms with E-state index in [1.807, 2.05) is 6.07 Å². The van der Waals surface area contributed by atoms with E-state index in [9.17, 15) is 14.4 Å². The van der Waals surface area contributed by atoms with Gasteiger partial charge < -0.3 is 15.0 Å². The molecule has 0 unspecified atom stereocenters. The lowest BCUT2D eigenvalue weighted by Gasteiger charge is -2.27. The molecule has 2 aliphatic rings. The molecule has 2 aromatic carbocycles. The van der Waals surface area contributed by atoms with Crippen molar-refractivity contribution in [1.29, 1.82) is 0 Å². The molecule has 0 spiro atoms. The summed E-state index contributed by atoms with van der Waals surface area (Å²) in [6.07, 6.45) is 0.434. The third-order valence-electron chi connectivity index (χ3n) is 5.00. The maximum absolute atomic E-state index is 12.9. The van der Waals surface area contributed by atoms with E-state index in [0.717, 1.165) is 0 Å². The van der Waals surface area contributed by atoms with Crippen LogP contribution in [0.5, 0.6) is 0 Å². The molecular weight excluding hydrogens is 384 g/mol. The summed E-state index contributed by atoms with van der Waals surface area (Å²) in [4.78, 5) is 39.7. The van der Waals surface area contributed by atoms with Gasteiger partial charge in [-0.3, -0.25) is 14.4 Å². The fourth-order valence-electron chi connectivity index (χ4n) is 3.40. The third kappa shape index (κ3) is 4.23. The average molecular weight is 406 g/mol. The lowest BCUT2D eigenvalue weighted by molar-refractivity contribution is -0.118. The normalized spacial score (nSPS) is 16.8. The molecule has 1 saturated heterocycles. The SMILES string of the molecule is O=C(Nc1ccccc1C(=O)N1CCOCC1)C1=NN(c2ccccc2)C(=O)CC1. The number of morpholine rings is 1. The topological polar surface area (TPSA) is 91.3 Å². The van der Waals surface area contributed by atoms with E-state index < -0.39 is 5.91 Å². The van der Waals surface area contributed by atoms with Crippen molar-refractivity contribution in [3.05, 3.63) is 60.2 Å². The van der Waals surface area contributed by atoms with Gasteiger partial charge in [0.15, 0.2) is 0 Å². The number of anilines is 2. The number of rotatable bonds is 4. The van der Waals surface area contributed by atoms with E-state index in [4.69, 9.17) is 4.74 Å². The first-order chi connectivity index (χ1) is 14.6. The van der Waals surface area contributed by atoms with Crippen LogP contribution in [0.4, 0.5) is 11.4 Å². The summed E-state index contributed by atoms with van der Waals surface area (Å²) in [5.74, 6) is -0.743. The molecule has 154 valence electrons. The third-order valence-corrected chi connectivity index (χ3v) is 5.00. The Balaban J connectivity index is 1.54. The molecule has 0 saturated carbocycles. The molecule has 3 amide bonds. The van der Waals surface area contributed by atoms with Gasteiger partial charge in [-0.2, -0.15) is 5.10 Å². The van der Waals surface area contributed by atoms with Crippen LogP contribution >= 0.6 is 0 Å². The highest BCUT2D eigenvalue weighted by Crippen LogP contribution is 2.22. The van der Waals surface area contributed by atoms with Crippen molar-refractivity contribution in [2.24, 2.45) is 5.10 Å². The summed E-state index contributed by atoms with van der Waals surface area (Å²) in [5, 5.41) is 8.32. The fraction of sp³-hybridized carbons (Fsp3) is 0.273. The Morgan fingerprint density at radius 3 is 2.40 bits per heavy atom. The smallest absolute Gasteiger partial charge is 0.271 e. The van der Waals surface area contributed by atoms with Crippen molar-refractivity contribution < 1.29 is 19.1 Å². The van der Waals surface area contributed by atoms with E-state index >= 15 is 0 Å². The van der Waals surface area contributed by atoms with Crippen LogP contribution in [-0.2, 0) is 14.3 Å². The molecule has 0 bridgehead atoms. The van der Waals surface area contributed by atoms with E-state index in [2.05, 4.69) is 10.4 Å². The minimum atomic E-state index is -0.425. The molecule has 0 radical (unpaired) electrons. The van der Waals surface area contributed by atoms with Crippen molar-refractivity contribution in [3.63, 3.8) is 0 Å². The number of para-hydroxylation sites is 2. The largest absolute Gasteiger partial charge is 0.378 e. The van der Waals surface area contributed by atoms with Gasteiger partial charge in [-0.25, -0.2) is 5.01 Å². The number of carbonyl (C=O) groups excluding carboxylic acids is 3. The van der Waals surface area contributed by atoms with Crippen molar-refractivity contribution in [2.75, 3.05) is 36.6 Å². The molecule has 0 atom stereocenters. The zero-order valence-electron chi connectivity index (χ0n) is 16.4. The van der Waals surface area contributed by atoms with Crippen LogP contribution in [0.3, 0.4) is 0 Å². The fourth-order valence-corrected chi connectivity index (χ4v) is 3.40. The van der Waals surface area contributed by atoms with Crippen molar-refractivity contribution in [3.8, 4) is 0 Å². The number of amides is 3. The van der Waals surface area contributed by atoms with Crippen molar-refractivity contribution in [1.82, 2.24) is 4.90 Å². The van der Waals surface area contributed by atoms with Crippen LogP contribution in [0.15, 0.2) is 59.7 Å². The first-order valence-electron chi connectivity index (χ1n) is 9.86. The zero-order chi connectivity index (χ0) is 20.9. The average Bonchev–Trinajstić information content (AvgIpc) is 2.80. The number of hydrazone groups is 1. The molecule has 2 heterocycles. The van der Waals surface area contributed by atoms with Crippen LogP contribution in [0.25, 0.3) is 0 Å². The molecular formula is C22H22N4O4. The summed E-state index contributed by atoms with van der Waals surface area (Å²) < 4.78 is 5.30. The van der Waals surface area contributed by atoms with Gasteiger partial charge in [-0.05, 0) is 24.3 Å². The van der Waals surface area contributed by atoms with Gasteiger partial charge in [-0.15, -0.1) is 0 Å². The molecule has 2 aromatic rings. The number of benzene rings is 2. The van der Waals surface area contributed by atoms with Crippen molar-refractivity contribution in [2.45, 2.75) is 12.8 Å². The van der Waals surface area contributed by atoms with E-state index in [1.54, 1.807) is 53.4 Å². The molecule has 30 heavy (non-hydrogen) atoms. The van der Waals surface area contributed by atoms with Crippen LogP contribution in [-0.4, -0.2) is 54.6 Å². The van der Waals surface area contributed by atoms with Crippen LogP contribution < -0.4 is 10.3 Å². The summed E-state index contributed by atoms with van der Waals surface area (Å²) in [6, 6.07) is 15.9. The second kappa shape index (κ2) is 8.87. The van der Waals surface area contributed by atoms with Crippen LogP contribution in [0.1, 0.15) is 23.2 Å². The number of hydrogen-bond acceptors (Lipinski definition) is 5. The quantitative estimate of drug-likeness (QED) is 0.843. The zero-order valence-corrected chi connectivity index (χ0v) is 16.4. The second-order valence-corrected chi connectivity index (χ2v) is 6.99. The summed E-state index contributed by atoms with van der Waals surface area (Å²) in [5.41, 5.74) is 1.69. The molecule has 0 aromatic heterocycles. The second-order valence-electron chi connectivity index (χ2n) is 6.99. The number of carbonyl (C=O) groups is 3. The highest BCUT2D eigenvalue weighted by atomic mass is 16.5. The van der Waals surface area contributed by atoms with E-state index in [-0.39, 0.29) is 30.4 Å². The number of nitrogens with zero attached hydrogens (tertiary/aromatic N) is 3. The Morgan fingerprint density at radius 2 is 1.63 bits per heavy atom. The number of nitrogens with one attached hydrogen (secondary N) is 1. The Bertz CT molecular complexity index is 984. The summed E-state index contributed by atoms with van der Waals surface area (Å²) in [6.45, 7) is 2.03. The first-order valence-corrected chi connectivity index (χ1v) is 9.86. The van der Waals surface area contributed by atoms with Crippen LogP contribution in [0, 0.1) is 0 Å². The standard InChI is InChI=1S/C22H22N4O4/c27-20-11-10-19(24-26(20)16-6-2-1-3-7-16)21(28)23-18-9-5-4-8-17(18)22(29)25-12-14-30-15-13-25/h1-9H,10-15H2,(H,23,28). The lowest BCUT2D eigenvalue weighted by atomic mass is 10.1. The van der Waals surface area contributed by atoms with Gasteiger partial charge >= 0.3 is 0 Å². The maximum Gasteiger partial charge on any atom is 0.271 e. The molecule has 2 aliphatic heterocycles. The minimum absolute atomic E-state index is 0.152. The Hall–Kier alpha value is -3.52. The maximum atomic E-state index is 12.9. The van der Waals surface area contributed by atoms with E-state index in [0.29, 0.717) is 43.2 Å². The molecule has 8 heteroatoms. The van der Waals surface area contributed by atoms with Gasteiger partial charge in [0.1, 0.15) is 5.71 Å². The Kier molecular flexibility index (Phi) is 5.85. The number of ether oxygens (including phenoxy) is 1. The predicted molar refractivity (Wildman–Crippen MR) is 112 cm³/mol. The lowest BCUT2D eigenvalue weighted by Crippen LogP contribution is -2.41. The summed E-state index contributed by atoms with van der Waals surface area (Å²) in [7, 11) is 0. The summed E-state index contributed by atoms with van der Waals surface area (Å²) >= 11 is 0. The first kappa shape index (κ1) is 19.8. The van der Waals surface area contributed by atoms with Crippen LogP contribution in [0.2, 0.25) is 0 Å². The number of hydrogen-bond donors (Lipinski definition) is 1. The Labute approximate surface area is 174 Å². The molecule has 0 aliphatic carbocycles. The van der Waals surface area contributed by atoms with Gasteiger partial charge in [0, 0.05) is 25.9 Å². The molecule has 8 nitrogen and oxygen atoms in total. The van der Waals surface area contributed by atoms with E-state index in [1.165, 1.54) is 5.01 Å². The monoisotopic (exact) mass is 406 g/mol. The molecule has 1 fully saturated rings. The van der Waals surface area contributed by atoms with Crippen molar-refractivity contribution >= 4 is 34.8 Å². The predicted octanol–water partition coefficient (Wildman–Crippen LogP) is 2.28.